The number of carbonyl (C=O) groups is 1. The average Bonchev–Trinajstić information content (AvgIpc) is 3.27. The molecule has 0 unspecified atom stereocenters. The van der Waals surface area contributed by atoms with Gasteiger partial charge in [-0.1, -0.05) is 30.3 Å². The molecule has 0 spiro atoms. The summed E-state index contributed by atoms with van der Waals surface area (Å²) in [5.41, 5.74) is 2.23. The summed E-state index contributed by atoms with van der Waals surface area (Å²) >= 11 is 0. The molecule has 0 aliphatic heterocycles. The Morgan fingerprint density at radius 2 is 1.92 bits per heavy atom. The molecule has 0 aliphatic carbocycles. The van der Waals surface area contributed by atoms with E-state index in [9.17, 15) is 9.59 Å². The third-order valence-electron chi connectivity index (χ3n) is 3.89. The highest BCUT2D eigenvalue weighted by Crippen LogP contribution is 2.08. The Bertz CT molecular complexity index is 1110. The van der Waals surface area contributed by atoms with E-state index in [0.717, 1.165) is 11.1 Å². The topological polar surface area (TPSA) is 94.3 Å². The lowest BCUT2D eigenvalue weighted by atomic mass is 10.2. The molecule has 8 heteroatoms. The van der Waals surface area contributed by atoms with E-state index < -0.39 is 11.7 Å². The van der Waals surface area contributed by atoms with Crippen molar-refractivity contribution in [1.82, 2.24) is 24.4 Å². The van der Waals surface area contributed by atoms with Crippen LogP contribution in [-0.2, 0) is 17.9 Å². The van der Waals surface area contributed by atoms with Gasteiger partial charge in [-0.05, 0) is 17.7 Å². The van der Waals surface area contributed by atoms with E-state index in [1.54, 1.807) is 23.0 Å². The van der Waals surface area contributed by atoms with Crippen LogP contribution in [0.1, 0.15) is 21.5 Å². The molecule has 0 fully saturated rings. The van der Waals surface area contributed by atoms with E-state index in [4.69, 9.17) is 4.74 Å². The van der Waals surface area contributed by atoms with Gasteiger partial charge in [-0.15, -0.1) is 0 Å². The summed E-state index contributed by atoms with van der Waals surface area (Å²) in [6, 6.07) is 13.1. The number of ether oxygens (including phenoxy) is 1. The highest BCUT2D eigenvalue weighted by atomic mass is 16.5. The minimum absolute atomic E-state index is 0.103. The summed E-state index contributed by atoms with van der Waals surface area (Å²) in [6.07, 6.45) is 4.91. The van der Waals surface area contributed by atoms with E-state index in [0.29, 0.717) is 12.2 Å². The van der Waals surface area contributed by atoms with Crippen LogP contribution in [0, 0.1) is 0 Å². The number of nitrogens with zero attached hydrogens (tertiary/aromatic N) is 4. The van der Waals surface area contributed by atoms with Crippen molar-refractivity contribution in [2.45, 2.75) is 13.2 Å². The van der Waals surface area contributed by atoms with E-state index in [1.165, 1.54) is 10.6 Å². The molecule has 0 bridgehead atoms. The number of rotatable bonds is 5. The predicted molar refractivity (Wildman–Crippen MR) is 92.7 cm³/mol. The summed E-state index contributed by atoms with van der Waals surface area (Å²) in [4.78, 5) is 23.8. The van der Waals surface area contributed by atoms with Gasteiger partial charge in [0.25, 0.3) is 0 Å². The standard InChI is InChI=1S/C18H15N5O3/c24-17(15-6-7-16-20-21-18(25)23(16)11-15)26-12-14-8-19-22(10-14)9-13-4-2-1-3-5-13/h1-8,10-11H,9,12H2,(H,21,25). The number of esters is 1. The fourth-order valence-electron chi connectivity index (χ4n) is 2.60. The van der Waals surface area contributed by atoms with E-state index >= 15 is 0 Å². The van der Waals surface area contributed by atoms with Gasteiger partial charge in [-0.3, -0.25) is 4.68 Å². The third kappa shape index (κ3) is 3.25. The quantitative estimate of drug-likeness (QED) is 0.553. The lowest BCUT2D eigenvalue weighted by Gasteiger charge is -2.03. The smallest absolute Gasteiger partial charge is 0.347 e. The molecule has 3 heterocycles. The zero-order valence-corrected chi connectivity index (χ0v) is 13.7. The fraction of sp³-hybridized carbons (Fsp3) is 0.111. The molecule has 4 aromatic rings. The highest BCUT2D eigenvalue weighted by Gasteiger charge is 2.11. The first-order valence-corrected chi connectivity index (χ1v) is 7.98. The lowest BCUT2D eigenvalue weighted by molar-refractivity contribution is 0.0472. The van der Waals surface area contributed by atoms with Crippen LogP contribution >= 0.6 is 0 Å². The minimum atomic E-state index is -0.518. The fourth-order valence-corrected chi connectivity index (χ4v) is 2.60. The van der Waals surface area contributed by atoms with Crippen molar-refractivity contribution in [3.63, 3.8) is 0 Å². The predicted octanol–water partition coefficient (Wildman–Crippen LogP) is 1.62. The van der Waals surface area contributed by atoms with Gasteiger partial charge in [0.15, 0.2) is 5.65 Å². The van der Waals surface area contributed by atoms with Gasteiger partial charge in [0, 0.05) is 18.0 Å². The number of aromatic amines is 1. The summed E-state index contributed by atoms with van der Waals surface area (Å²) in [7, 11) is 0. The van der Waals surface area contributed by atoms with Gasteiger partial charge in [-0.2, -0.15) is 10.2 Å². The maximum absolute atomic E-state index is 12.2. The molecule has 3 aromatic heterocycles. The van der Waals surface area contributed by atoms with Gasteiger partial charge >= 0.3 is 11.7 Å². The molecule has 0 saturated carbocycles. The lowest BCUT2D eigenvalue weighted by Crippen LogP contribution is -2.12. The van der Waals surface area contributed by atoms with Crippen LogP contribution in [0.2, 0.25) is 0 Å². The summed E-state index contributed by atoms with van der Waals surface area (Å²) in [6.45, 7) is 0.751. The Hall–Kier alpha value is -3.68. The second kappa shape index (κ2) is 6.67. The van der Waals surface area contributed by atoms with Crippen molar-refractivity contribution in [2.24, 2.45) is 0 Å². The molecule has 26 heavy (non-hydrogen) atoms. The van der Waals surface area contributed by atoms with Crippen molar-refractivity contribution >= 4 is 11.6 Å². The summed E-state index contributed by atoms with van der Waals surface area (Å²) in [5.74, 6) is -0.518. The minimum Gasteiger partial charge on any atom is -0.457 e. The second-order valence-electron chi connectivity index (χ2n) is 5.78. The van der Waals surface area contributed by atoms with Crippen LogP contribution in [0.15, 0.2) is 65.8 Å². The molecule has 0 atom stereocenters. The van der Waals surface area contributed by atoms with Crippen molar-refractivity contribution in [1.29, 1.82) is 0 Å². The molecule has 0 saturated heterocycles. The Labute approximate surface area is 147 Å². The number of benzene rings is 1. The maximum atomic E-state index is 12.2. The number of nitrogens with one attached hydrogen (secondary N) is 1. The maximum Gasteiger partial charge on any atom is 0.347 e. The molecule has 0 amide bonds. The molecule has 0 radical (unpaired) electrons. The first-order valence-electron chi connectivity index (χ1n) is 7.98. The largest absolute Gasteiger partial charge is 0.457 e. The normalized spacial score (nSPS) is 10.9. The second-order valence-corrected chi connectivity index (χ2v) is 5.78. The molecule has 1 aromatic carbocycles. The number of hydrogen-bond donors (Lipinski definition) is 1. The number of pyridine rings is 1. The number of H-pyrrole nitrogens is 1. The molecule has 8 nitrogen and oxygen atoms in total. The van der Waals surface area contributed by atoms with E-state index in [-0.39, 0.29) is 12.2 Å². The molecular formula is C18H15N5O3. The Kier molecular flexibility index (Phi) is 4.06. The summed E-state index contributed by atoms with van der Waals surface area (Å²) in [5, 5.41) is 10.4. The first-order chi connectivity index (χ1) is 12.7. The van der Waals surface area contributed by atoms with Crippen LogP contribution in [-0.4, -0.2) is 30.3 Å². The van der Waals surface area contributed by atoms with Crippen molar-refractivity contribution in [2.75, 3.05) is 0 Å². The Balaban J connectivity index is 1.41. The zero-order valence-electron chi connectivity index (χ0n) is 13.7. The monoisotopic (exact) mass is 349 g/mol. The number of hydrogen-bond acceptors (Lipinski definition) is 5. The molecule has 0 aliphatic rings. The van der Waals surface area contributed by atoms with Crippen LogP contribution in [0.25, 0.3) is 5.65 Å². The van der Waals surface area contributed by atoms with Crippen molar-refractivity contribution in [3.05, 3.63) is 88.2 Å². The average molecular weight is 349 g/mol. The molecule has 1 N–H and O–H groups in total. The van der Waals surface area contributed by atoms with Gasteiger partial charge in [0.2, 0.25) is 0 Å². The van der Waals surface area contributed by atoms with Crippen LogP contribution in [0.3, 0.4) is 0 Å². The Morgan fingerprint density at radius 3 is 2.77 bits per heavy atom. The van der Waals surface area contributed by atoms with E-state index in [2.05, 4.69) is 15.3 Å². The van der Waals surface area contributed by atoms with Gasteiger partial charge in [0.1, 0.15) is 6.61 Å². The SMILES string of the molecule is O=C(OCc1cnn(Cc2ccccc2)c1)c1ccc2n[nH]c(=O)n2c1. The van der Waals surface area contributed by atoms with Gasteiger partial charge in [0.05, 0.1) is 18.3 Å². The van der Waals surface area contributed by atoms with Crippen molar-refractivity contribution < 1.29 is 9.53 Å². The van der Waals surface area contributed by atoms with E-state index in [1.807, 2.05) is 36.5 Å². The first kappa shape index (κ1) is 15.8. The number of aromatic nitrogens is 5. The molecule has 4 rings (SSSR count). The highest BCUT2D eigenvalue weighted by molar-refractivity contribution is 5.89. The van der Waals surface area contributed by atoms with Gasteiger partial charge in [-0.25, -0.2) is 19.1 Å². The van der Waals surface area contributed by atoms with Crippen LogP contribution < -0.4 is 5.69 Å². The van der Waals surface area contributed by atoms with Gasteiger partial charge < -0.3 is 4.74 Å². The zero-order chi connectivity index (χ0) is 17.9. The van der Waals surface area contributed by atoms with Crippen LogP contribution in [0.4, 0.5) is 0 Å². The number of carbonyl (C=O) groups excluding carboxylic acids is 1. The third-order valence-corrected chi connectivity index (χ3v) is 3.89. The van der Waals surface area contributed by atoms with Crippen LogP contribution in [0.5, 0.6) is 0 Å². The number of fused-ring (bicyclic) bond motifs is 1. The van der Waals surface area contributed by atoms with Crippen molar-refractivity contribution in [3.8, 4) is 0 Å². The molecular weight excluding hydrogens is 334 g/mol. The molecule has 130 valence electrons. The Morgan fingerprint density at radius 1 is 1.08 bits per heavy atom. The summed E-state index contributed by atoms with van der Waals surface area (Å²) < 4.78 is 8.35.